The smallest absolute Gasteiger partial charge is 0.276 e. The Morgan fingerprint density at radius 1 is 1.15 bits per heavy atom. The normalized spacial score (nSPS) is 12.9. The SMILES string of the molecule is CCc1cccc(NC(=O)c2nn(-c3ccc(F)c(F)c3)c3c2CCC3)c1. The fraction of sp³-hybridized carbons (Fsp3) is 0.238. The number of nitrogens with zero attached hydrogens (tertiary/aromatic N) is 2. The molecule has 1 amide bonds. The van der Waals surface area contributed by atoms with E-state index in [2.05, 4.69) is 17.3 Å². The number of aryl methyl sites for hydroxylation is 1. The van der Waals surface area contributed by atoms with Crippen LogP contribution in [-0.4, -0.2) is 15.7 Å². The maximum Gasteiger partial charge on any atom is 0.276 e. The predicted molar refractivity (Wildman–Crippen MR) is 99.3 cm³/mol. The van der Waals surface area contributed by atoms with Crippen LogP contribution in [0.25, 0.3) is 5.69 Å². The lowest BCUT2D eigenvalue weighted by Gasteiger charge is -2.07. The van der Waals surface area contributed by atoms with Crippen LogP contribution in [0.2, 0.25) is 0 Å². The Labute approximate surface area is 155 Å². The molecule has 1 heterocycles. The number of nitrogens with one attached hydrogen (secondary N) is 1. The highest BCUT2D eigenvalue weighted by Gasteiger charge is 2.27. The molecule has 1 aliphatic carbocycles. The van der Waals surface area contributed by atoms with Crippen molar-refractivity contribution >= 4 is 11.6 Å². The molecule has 4 rings (SSSR count). The average molecular weight is 367 g/mol. The van der Waals surface area contributed by atoms with Crippen LogP contribution in [0, 0.1) is 11.6 Å². The molecule has 0 spiro atoms. The molecule has 1 aliphatic rings. The van der Waals surface area contributed by atoms with Crippen molar-refractivity contribution in [2.45, 2.75) is 32.6 Å². The summed E-state index contributed by atoms with van der Waals surface area (Å²) < 4.78 is 28.5. The molecule has 0 atom stereocenters. The van der Waals surface area contributed by atoms with Gasteiger partial charge in [-0.1, -0.05) is 19.1 Å². The molecule has 0 unspecified atom stereocenters. The van der Waals surface area contributed by atoms with Gasteiger partial charge in [-0.3, -0.25) is 4.79 Å². The van der Waals surface area contributed by atoms with E-state index in [9.17, 15) is 13.6 Å². The third kappa shape index (κ3) is 3.23. The zero-order chi connectivity index (χ0) is 19.0. The number of anilines is 1. The minimum atomic E-state index is -0.933. The molecule has 138 valence electrons. The largest absolute Gasteiger partial charge is 0.321 e. The Morgan fingerprint density at radius 3 is 2.78 bits per heavy atom. The van der Waals surface area contributed by atoms with Crippen LogP contribution in [-0.2, 0) is 19.3 Å². The number of carbonyl (C=O) groups excluding carboxylic acids is 1. The van der Waals surface area contributed by atoms with Crippen LogP contribution in [0.1, 0.15) is 40.7 Å². The van der Waals surface area contributed by atoms with E-state index >= 15 is 0 Å². The number of amides is 1. The molecule has 0 radical (unpaired) electrons. The molecule has 27 heavy (non-hydrogen) atoms. The van der Waals surface area contributed by atoms with E-state index in [0.717, 1.165) is 54.6 Å². The first-order valence-electron chi connectivity index (χ1n) is 9.03. The van der Waals surface area contributed by atoms with Gasteiger partial charge < -0.3 is 5.32 Å². The summed E-state index contributed by atoms with van der Waals surface area (Å²) in [7, 11) is 0. The van der Waals surface area contributed by atoms with Crippen LogP contribution >= 0.6 is 0 Å². The van der Waals surface area contributed by atoms with E-state index in [1.54, 1.807) is 4.68 Å². The lowest BCUT2D eigenvalue weighted by Crippen LogP contribution is -2.15. The topological polar surface area (TPSA) is 46.9 Å². The lowest BCUT2D eigenvalue weighted by molar-refractivity contribution is 0.102. The van der Waals surface area contributed by atoms with Gasteiger partial charge in [0.2, 0.25) is 0 Å². The zero-order valence-corrected chi connectivity index (χ0v) is 14.9. The van der Waals surface area contributed by atoms with Crippen molar-refractivity contribution in [3.63, 3.8) is 0 Å². The summed E-state index contributed by atoms with van der Waals surface area (Å²) in [6.45, 7) is 2.05. The Bertz CT molecular complexity index is 1030. The standard InChI is InChI=1S/C21H19F2N3O/c1-2-13-5-3-6-14(11-13)24-21(27)20-16-7-4-8-19(16)26(25-20)15-9-10-17(22)18(23)12-15/h3,5-6,9-12H,2,4,7-8H2,1H3,(H,24,27). The summed E-state index contributed by atoms with van der Waals surface area (Å²) in [6, 6.07) is 11.3. The summed E-state index contributed by atoms with van der Waals surface area (Å²) in [4.78, 5) is 12.8. The summed E-state index contributed by atoms with van der Waals surface area (Å²) >= 11 is 0. The molecule has 0 saturated heterocycles. The van der Waals surface area contributed by atoms with Crippen LogP contribution in [0.15, 0.2) is 42.5 Å². The quantitative estimate of drug-likeness (QED) is 0.740. The van der Waals surface area contributed by atoms with Crippen molar-refractivity contribution in [2.24, 2.45) is 0 Å². The molecule has 0 fully saturated rings. The molecule has 4 nitrogen and oxygen atoms in total. The summed E-state index contributed by atoms with van der Waals surface area (Å²) in [6.07, 6.45) is 3.28. The molecular weight excluding hydrogens is 348 g/mol. The number of fused-ring (bicyclic) bond motifs is 1. The van der Waals surface area contributed by atoms with E-state index in [-0.39, 0.29) is 5.91 Å². The van der Waals surface area contributed by atoms with Crippen molar-refractivity contribution in [3.05, 3.63) is 76.6 Å². The fourth-order valence-corrected chi connectivity index (χ4v) is 3.51. The van der Waals surface area contributed by atoms with Gasteiger partial charge in [-0.2, -0.15) is 5.10 Å². The van der Waals surface area contributed by atoms with Crippen LogP contribution in [0.3, 0.4) is 0 Å². The Morgan fingerprint density at radius 2 is 2.00 bits per heavy atom. The number of rotatable bonds is 4. The van der Waals surface area contributed by atoms with Crippen molar-refractivity contribution in [1.82, 2.24) is 9.78 Å². The lowest BCUT2D eigenvalue weighted by atomic mass is 10.1. The minimum absolute atomic E-state index is 0.289. The van der Waals surface area contributed by atoms with E-state index in [4.69, 9.17) is 0 Å². The van der Waals surface area contributed by atoms with E-state index in [1.165, 1.54) is 6.07 Å². The Balaban J connectivity index is 1.69. The number of benzene rings is 2. The molecule has 0 aliphatic heterocycles. The highest BCUT2D eigenvalue weighted by molar-refractivity contribution is 6.04. The fourth-order valence-electron chi connectivity index (χ4n) is 3.51. The number of carbonyl (C=O) groups is 1. The number of halogens is 2. The van der Waals surface area contributed by atoms with E-state index in [0.29, 0.717) is 17.1 Å². The van der Waals surface area contributed by atoms with Gasteiger partial charge in [0.25, 0.3) is 5.91 Å². The van der Waals surface area contributed by atoms with Gasteiger partial charge in [0.15, 0.2) is 17.3 Å². The Kier molecular flexibility index (Phi) is 4.48. The van der Waals surface area contributed by atoms with Crippen LogP contribution in [0.4, 0.5) is 14.5 Å². The molecular formula is C21H19F2N3O. The van der Waals surface area contributed by atoms with Gasteiger partial charge in [-0.15, -0.1) is 0 Å². The third-order valence-corrected chi connectivity index (χ3v) is 4.89. The van der Waals surface area contributed by atoms with Gasteiger partial charge in [0, 0.05) is 23.0 Å². The van der Waals surface area contributed by atoms with Gasteiger partial charge in [-0.05, 0) is 55.5 Å². The van der Waals surface area contributed by atoms with Gasteiger partial charge >= 0.3 is 0 Å². The minimum Gasteiger partial charge on any atom is -0.321 e. The van der Waals surface area contributed by atoms with Gasteiger partial charge in [0.05, 0.1) is 5.69 Å². The predicted octanol–water partition coefficient (Wildman–Crippen LogP) is 4.45. The first-order valence-corrected chi connectivity index (χ1v) is 9.03. The molecule has 2 aromatic carbocycles. The van der Waals surface area contributed by atoms with Crippen molar-refractivity contribution < 1.29 is 13.6 Å². The number of hydrogen-bond acceptors (Lipinski definition) is 2. The number of hydrogen-bond donors (Lipinski definition) is 1. The monoisotopic (exact) mass is 367 g/mol. The Hall–Kier alpha value is -3.02. The van der Waals surface area contributed by atoms with Gasteiger partial charge in [0.1, 0.15) is 0 Å². The first-order chi connectivity index (χ1) is 13.1. The third-order valence-electron chi connectivity index (χ3n) is 4.89. The molecule has 1 N–H and O–H groups in total. The van der Waals surface area contributed by atoms with Crippen LogP contribution < -0.4 is 5.32 Å². The maximum absolute atomic E-state index is 13.6. The molecule has 0 saturated carbocycles. The zero-order valence-electron chi connectivity index (χ0n) is 14.9. The average Bonchev–Trinajstić information content (AvgIpc) is 3.27. The second-order valence-electron chi connectivity index (χ2n) is 6.65. The van der Waals surface area contributed by atoms with E-state index in [1.807, 2.05) is 24.3 Å². The van der Waals surface area contributed by atoms with Crippen LogP contribution in [0.5, 0.6) is 0 Å². The summed E-state index contributed by atoms with van der Waals surface area (Å²) in [5.74, 6) is -2.13. The summed E-state index contributed by atoms with van der Waals surface area (Å²) in [5.41, 5.74) is 4.37. The van der Waals surface area contributed by atoms with Crippen molar-refractivity contribution in [2.75, 3.05) is 5.32 Å². The molecule has 0 bridgehead atoms. The second kappa shape index (κ2) is 6.95. The van der Waals surface area contributed by atoms with Crippen molar-refractivity contribution in [3.8, 4) is 5.69 Å². The molecule has 1 aromatic heterocycles. The first kappa shape index (κ1) is 17.4. The van der Waals surface area contributed by atoms with E-state index < -0.39 is 11.6 Å². The van der Waals surface area contributed by atoms with Gasteiger partial charge in [-0.25, -0.2) is 13.5 Å². The maximum atomic E-state index is 13.6. The molecule has 6 heteroatoms. The summed E-state index contributed by atoms with van der Waals surface area (Å²) in [5, 5.41) is 7.33. The number of aromatic nitrogens is 2. The molecule has 3 aromatic rings. The highest BCUT2D eigenvalue weighted by Crippen LogP contribution is 2.29. The second-order valence-corrected chi connectivity index (χ2v) is 6.65. The highest BCUT2D eigenvalue weighted by atomic mass is 19.2. The van der Waals surface area contributed by atoms with Crippen molar-refractivity contribution in [1.29, 1.82) is 0 Å².